The molecule has 0 aromatic carbocycles. The van der Waals surface area contributed by atoms with Crippen LogP contribution in [-0.2, 0) is 18.5 Å². The molecule has 0 saturated carbocycles. The fourth-order valence-corrected chi connectivity index (χ4v) is 4.38. The quantitative estimate of drug-likeness (QED) is 0.628. The molecule has 2 heterocycles. The first-order valence-electron chi connectivity index (χ1n) is 5.72. The van der Waals surface area contributed by atoms with Gasteiger partial charge in [0.1, 0.15) is 11.5 Å². The van der Waals surface area contributed by atoms with Crippen LogP contribution in [0, 0.1) is 6.92 Å². The van der Waals surface area contributed by atoms with Crippen molar-refractivity contribution in [3.63, 3.8) is 0 Å². The number of thiophene rings is 1. The largest absolute Gasteiger partial charge is 0.459 e. The van der Waals surface area contributed by atoms with E-state index in [1.807, 2.05) is 0 Å². The molecule has 0 amide bonds. The number of ether oxygens (including phenoxy) is 2. The van der Waals surface area contributed by atoms with E-state index in [1.165, 1.54) is 6.07 Å². The van der Waals surface area contributed by atoms with Crippen molar-refractivity contribution < 1.29 is 22.7 Å². The van der Waals surface area contributed by atoms with Gasteiger partial charge in [-0.1, -0.05) is 0 Å². The van der Waals surface area contributed by atoms with Gasteiger partial charge in [0.2, 0.25) is 0 Å². The maximum Gasteiger partial charge on any atom is 0.348 e. The highest BCUT2D eigenvalue weighted by molar-refractivity contribution is 8.13. The van der Waals surface area contributed by atoms with Crippen molar-refractivity contribution in [2.75, 3.05) is 13.2 Å². The van der Waals surface area contributed by atoms with E-state index >= 15 is 0 Å². The van der Waals surface area contributed by atoms with Gasteiger partial charge in [-0.2, -0.15) is 0 Å². The van der Waals surface area contributed by atoms with E-state index in [0.29, 0.717) is 11.5 Å². The average molecular weight is 325 g/mol. The van der Waals surface area contributed by atoms with Gasteiger partial charge >= 0.3 is 5.97 Å². The van der Waals surface area contributed by atoms with Crippen LogP contribution in [0.3, 0.4) is 0 Å². The lowest BCUT2D eigenvalue weighted by atomic mass is 10.2. The minimum Gasteiger partial charge on any atom is -0.459 e. The summed E-state index contributed by atoms with van der Waals surface area (Å²) in [6, 6.07) is 1.25. The van der Waals surface area contributed by atoms with Crippen molar-refractivity contribution in [2.45, 2.75) is 30.8 Å². The molecule has 0 bridgehead atoms. The number of hydrogen-bond acceptors (Lipinski definition) is 6. The maximum atomic E-state index is 11.8. The molecule has 1 aliphatic rings. The molecule has 1 saturated heterocycles. The van der Waals surface area contributed by atoms with Crippen LogP contribution in [0.4, 0.5) is 0 Å². The molecular weight excluding hydrogens is 312 g/mol. The van der Waals surface area contributed by atoms with Crippen LogP contribution in [0.15, 0.2) is 11.0 Å². The Bertz CT molecular complexity index is 572. The number of esters is 1. The van der Waals surface area contributed by atoms with E-state index in [-0.39, 0.29) is 22.5 Å². The van der Waals surface area contributed by atoms with Gasteiger partial charge in [-0.25, -0.2) is 13.2 Å². The van der Waals surface area contributed by atoms with Crippen molar-refractivity contribution in [2.24, 2.45) is 0 Å². The lowest BCUT2D eigenvalue weighted by molar-refractivity contribution is 0.0165. The minimum atomic E-state index is -3.83. The smallest absolute Gasteiger partial charge is 0.348 e. The summed E-state index contributed by atoms with van der Waals surface area (Å²) in [7, 11) is 1.44. The molecule has 2 rings (SSSR count). The Labute approximate surface area is 119 Å². The third kappa shape index (κ3) is 3.68. The fourth-order valence-electron chi connectivity index (χ4n) is 1.82. The minimum absolute atomic E-state index is 0.0387. The van der Waals surface area contributed by atoms with E-state index in [4.69, 9.17) is 20.2 Å². The van der Waals surface area contributed by atoms with Gasteiger partial charge in [-0.15, -0.1) is 11.3 Å². The van der Waals surface area contributed by atoms with E-state index < -0.39 is 15.0 Å². The normalized spacial score (nSPS) is 19.6. The lowest BCUT2D eigenvalue weighted by Gasteiger charge is -2.08. The van der Waals surface area contributed by atoms with Crippen LogP contribution in [0.1, 0.15) is 27.4 Å². The Balaban J connectivity index is 2.03. The topological polar surface area (TPSA) is 69.7 Å². The standard InChI is InChI=1S/C11H13ClO5S2/c1-7-10(19(12,14)15)5-9(18-7)11(13)17-6-8-3-2-4-16-8/h5,8H,2-4,6H2,1H3. The third-order valence-electron chi connectivity index (χ3n) is 2.76. The zero-order valence-electron chi connectivity index (χ0n) is 10.2. The van der Waals surface area contributed by atoms with Gasteiger partial charge in [0, 0.05) is 22.2 Å². The fraction of sp³-hybridized carbons (Fsp3) is 0.545. The molecule has 0 aliphatic carbocycles. The number of halogens is 1. The third-order valence-corrected chi connectivity index (χ3v) is 5.37. The van der Waals surface area contributed by atoms with Gasteiger partial charge in [0.25, 0.3) is 9.05 Å². The number of aryl methyl sites for hydroxylation is 1. The predicted octanol–water partition coefficient (Wildman–Crippen LogP) is 2.32. The molecule has 1 aliphatic heterocycles. The van der Waals surface area contributed by atoms with Crippen molar-refractivity contribution in [3.05, 3.63) is 15.8 Å². The summed E-state index contributed by atoms with van der Waals surface area (Å²) in [5, 5.41) is 0. The molecule has 19 heavy (non-hydrogen) atoms. The molecule has 1 fully saturated rings. The van der Waals surface area contributed by atoms with E-state index in [0.717, 1.165) is 24.2 Å². The molecule has 1 aromatic rings. The van der Waals surface area contributed by atoms with Crippen LogP contribution in [0.2, 0.25) is 0 Å². The number of carbonyl (C=O) groups is 1. The summed E-state index contributed by atoms with van der Waals surface area (Å²) in [4.78, 5) is 12.5. The lowest BCUT2D eigenvalue weighted by Crippen LogP contribution is -2.17. The van der Waals surface area contributed by atoms with Crippen molar-refractivity contribution >= 4 is 37.0 Å². The molecule has 8 heteroatoms. The zero-order valence-corrected chi connectivity index (χ0v) is 12.6. The van der Waals surface area contributed by atoms with Crippen LogP contribution >= 0.6 is 22.0 Å². The Kier molecular flexibility index (Phi) is 4.50. The Morgan fingerprint density at radius 2 is 2.37 bits per heavy atom. The molecule has 5 nitrogen and oxygen atoms in total. The van der Waals surface area contributed by atoms with Crippen LogP contribution in [-0.4, -0.2) is 33.7 Å². The van der Waals surface area contributed by atoms with Gasteiger partial charge in [0.05, 0.1) is 11.0 Å². The average Bonchev–Trinajstić information content (AvgIpc) is 2.93. The molecule has 0 N–H and O–H groups in total. The second-order valence-electron chi connectivity index (χ2n) is 4.20. The monoisotopic (exact) mass is 324 g/mol. The summed E-state index contributed by atoms with van der Waals surface area (Å²) in [6.07, 6.45) is 1.79. The number of carbonyl (C=O) groups excluding carboxylic acids is 1. The van der Waals surface area contributed by atoms with E-state index in [1.54, 1.807) is 6.92 Å². The van der Waals surface area contributed by atoms with Crippen LogP contribution in [0.25, 0.3) is 0 Å². The first kappa shape index (κ1) is 14.8. The summed E-state index contributed by atoms with van der Waals surface area (Å²) in [6.45, 7) is 2.48. The maximum absolute atomic E-state index is 11.8. The van der Waals surface area contributed by atoms with Crippen molar-refractivity contribution in [1.82, 2.24) is 0 Å². The summed E-state index contributed by atoms with van der Waals surface area (Å²) >= 11 is 1.05. The molecule has 1 atom stereocenters. The first-order valence-corrected chi connectivity index (χ1v) is 8.84. The van der Waals surface area contributed by atoms with Gasteiger partial charge in [-0.05, 0) is 25.8 Å². The SMILES string of the molecule is Cc1sc(C(=O)OCC2CCCO2)cc1S(=O)(=O)Cl. The summed E-state index contributed by atoms with van der Waals surface area (Å²) < 4.78 is 32.9. The highest BCUT2D eigenvalue weighted by Crippen LogP contribution is 2.28. The first-order chi connectivity index (χ1) is 8.88. The number of rotatable bonds is 4. The molecule has 0 radical (unpaired) electrons. The molecule has 0 spiro atoms. The second-order valence-corrected chi connectivity index (χ2v) is 7.99. The Hall–Kier alpha value is -0.630. The van der Waals surface area contributed by atoms with Gasteiger partial charge in [0.15, 0.2) is 0 Å². The van der Waals surface area contributed by atoms with Gasteiger partial charge < -0.3 is 9.47 Å². The van der Waals surface area contributed by atoms with Crippen LogP contribution < -0.4 is 0 Å². The van der Waals surface area contributed by atoms with E-state index in [9.17, 15) is 13.2 Å². The van der Waals surface area contributed by atoms with Crippen molar-refractivity contribution in [3.8, 4) is 0 Å². The Morgan fingerprint density at radius 3 is 2.89 bits per heavy atom. The zero-order chi connectivity index (χ0) is 14.0. The summed E-state index contributed by atoms with van der Waals surface area (Å²) in [5.74, 6) is -0.546. The Morgan fingerprint density at radius 1 is 1.63 bits per heavy atom. The molecular formula is C11H13ClO5S2. The highest BCUT2D eigenvalue weighted by atomic mass is 35.7. The van der Waals surface area contributed by atoms with Crippen molar-refractivity contribution in [1.29, 1.82) is 0 Å². The molecule has 106 valence electrons. The van der Waals surface area contributed by atoms with Crippen LogP contribution in [0.5, 0.6) is 0 Å². The van der Waals surface area contributed by atoms with E-state index in [2.05, 4.69) is 0 Å². The molecule has 1 unspecified atom stereocenters. The highest BCUT2D eigenvalue weighted by Gasteiger charge is 2.23. The molecule has 1 aromatic heterocycles. The second kappa shape index (κ2) is 5.78. The number of hydrogen-bond donors (Lipinski definition) is 0. The van der Waals surface area contributed by atoms with Gasteiger partial charge in [-0.3, -0.25) is 0 Å². The summed E-state index contributed by atoms with van der Waals surface area (Å²) in [5.41, 5.74) is 0. The predicted molar refractivity (Wildman–Crippen MR) is 71.4 cm³/mol.